The molecule has 0 aliphatic carbocycles. The number of hydrogen-bond donors (Lipinski definition) is 4. The maximum Gasteiger partial charge on any atom is 0.419 e. The minimum absolute atomic E-state index is 0.319. The fourth-order valence-electron chi connectivity index (χ4n) is 2.40. The zero-order chi connectivity index (χ0) is 16.9. The van der Waals surface area contributed by atoms with Crippen LogP contribution in [0.3, 0.4) is 0 Å². The average molecular weight is 325 g/mol. The van der Waals surface area contributed by atoms with Crippen molar-refractivity contribution >= 4 is 0 Å². The molecular weight excluding hydrogens is 310 g/mol. The highest BCUT2D eigenvalue weighted by atomic mass is 19.4. The van der Waals surface area contributed by atoms with Gasteiger partial charge in [-0.05, 0) is 24.6 Å². The van der Waals surface area contributed by atoms with E-state index in [9.17, 15) is 32.9 Å². The van der Waals surface area contributed by atoms with Gasteiger partial charge in [-0.15, -0.1) is 0 Å². The van der Waals surface area contributed by atoms with Gasteiger partial charge in [0.1, 0.15) is 36.0 Å². The molecule has 1 aromatic rings. The average Bonchev–Trinajstić information content (AvgIpc) is 2.60. The first kappa shape index (κ1) is 17.1. The Labute approximate surface area is 122 Å². The van der Waals surface area contributed by atoms with Crippen molar-refractivity contribution in [1.82, 2.24) is 0 Å². The SMILES string of the molecule is C[C@@]1(O)C([C@H](O)c2ccc(F)c(C(F)(F)F)c2)O[C@@H](N)[C@@H]1O. The summed E-state index contributed by atoms with van der Waals surface area (Å²) in [4.78, 5) is 0. The van der Waals surface area contributed by atoms with Crippen LogP contribution in [0.15, 0.2) is 18.2 Å². The molecule has 0 radical (unpaired) electrons. The van der Waals surface area contributed by atoms with E-state index in [-0.39, 0.29) is 5.56 Å². The Morgan fingerprint density at radius 3 is 2.41 bits per heavy atom. The highest BCUT2D eigenvalue weighted by Gasteiger charge is 2.54. The van der Waals surface area contributed by atoms with Gasteiger partial charge >= 0.3 is 6.18 Å². The predicted octanol–water partition coefficient (Wildman–Crippen LogP) is 0.673. The van der Waals surface area contributed by atoms with E-state index in [0.717, 1.165) is 13.0 Å². The van der Waals surface area contributed by atoms with Crippen LogP contribution in [0.1, 0.15) is 24.2 Å². The molecule has 0 saturated carbocycles. The van der Waals surface area contributed by atoms with Crippen LogP contribution >= 0.6 is 0 Å². The van der Waals surface area contributed by atoms with E-state index < -0.39 is 47.7 Å². The van der Waals surface area contributed by atoms with Crippen LogP contribution in [0.5, 0.6) is 0 Å². The highest BCUT2D eigenvalue weighted by Crippen LogP contribution is 2.39. The third kappa shape index (κ3) is 2.82. The maximum atomic E-state index is 13.2. The molecule has 1 unspecified atom stereocenters. The summed E-state index contributed by atoms with van der Waals surface area (Å²) in [6, 6.07) is 1.92. The summed E-state index contributed by atoms with van der Waals surface area (Å²) in [6.45, 7) is 1.13. The second kappa shape index (κ2) is 5.43. The molecule has 1 fully saturated rings. The lowest BCUT2D eigenvalue weighted by atomic mass is 9.88. The monoisotopic (exact) mass is 325 g/mol. The van der Waals surface area contributed by atoms with Crippen LogP contribution in [0.4, 0.5) is 17.6 Å². The number of ether oxygens (including phenoxy) is 1. The molecule has 1 saturated heterocycles. The van der Waals surface area contributed by atoms with Crippen LogP contribution in [0.25, 0.3) is 0 Å². The Kier molecular flexibility index (Phi) is 4.22. The lowest BCUT2D eigenvalue weighted by Gasteiger charge is -2.30. The second-order valence-corrected chi connectivity index (χ2v) is 5.37. The number of aliphatic hydroxyl groups excluding tert-OH is 2. The summed E-state index contributed by atoms with van der Waals surface area (Å²) >= 11 is 0. The molecule has 5 atom stereocenters. The van der Waals surface area contributed by atoms with E-state index in [1.54, 1.807) is 0 Å². The van der Waals surface area contributed by atoms with Gasteiger partial charge in [0.05, 0.1) is 5.56 Å². The van der Waals surface area contributed by atoms with Crippen LogP contribution in [-0.4, -0.2) is 39.4 Å². The summed E-state index contributed by atoms with van der Waals surface area (Å²) in [5.41, 5.74) is 1.55. The zero-order valence-electron chi connectivity index (χ0n) is 11.4. The van der Waals surface area contributed by atoms with E-state index in [2.05, 4.69) is 0 Å². The Morgan fingerprint density at radius 2 is 1.95 bits per heavy atom. The van der Waals surface area contributed by atoms with Crippen LogP contribution in [0.2, 0.25) is 0 Å². The summed E-state index contributed by atoms with van der Waals surface area (Å²) in [5, 5.41) is 29.9. The van der Waals surface area contributed by atoms with Crippen LogP contribution in [0, 0.1) is 5.82 Å². The number of alkyl halides is 3. The molecular formula is C13H15F4NO4. The van der Waals surface area contributed by atoms with E-state index >= 15 is 0 Å². The van der Waals surface area contributed by atoms with Crippen molar-refractivity contribution in [1.29, 1.82) is 0 Å². The molecule has 1 aromatic carbocycles. The van der Waals surface area contributed by atoms with Gasteiger partial charge in [0.2, 0.25) is 0 Å². The Morgan fingerprint density at radius 1 is 1.36 bits per heavy atom. The van der Waals surface area contributed by atoms with Gasteiger partial charge in [0.25, 0.3) is 0 Å². The minimum Gasteiger partial charge on any atom is -0.386 e. The van der Waals surface area contributed by atoms with E-state index in [0.29, 0.717) is 12.1 Å². The Bertz CT molecular complexity index is 563. The summed E-state index contributed by atoms with van der Waals surface area (Å²) in [5.74, 6) is -1.49. The normalized spacial score (nSPS) is 34.0. The fraction of sp³-hybridized carbons (Fsp3) is 0.538. The van der Waals surface area contributed by atoms with Crippen molar-refractivity contribution in [3.63, 3.8) is 0 Å². The van der Waals surface area contributed by atoms with Crippen LogP contribution < -0.4 is 5.73 Å². The molecule has 0 spiro atoms. The smallest absolute Gasteiger partial charge is 0.386 e. The largest absolute Gasteiger partial charge is 0.419 e. The van der Waals surface area contributed by atoms with E-state index in [1.165, 1.54) is 0 Å². The van der Waals surface area contributed by atoms with Gasteiger partial charge in [-0.1, -0.05) is 6.07 Å². The molecule has 5 N–H and O–H groups in total. The second-order valence-electron chi connectivity index (χ2n) is 5.37. The van der Waals surface area contributed by atoms with E-state index in [1.807, 2.05) is 0 Å². The van der Waals surface area contributed by atoms with Crippen molar-refractivity contribution in [3.05, 3.63) is 35.1 Å². The maximum absolute atomic E-state index is 13.2. The number of benzene rings is 1. The molecule has 5 nitrogen and oxygen atoms in total. The lowest BCUT2D eigenvalue weighted by Crippen LogP contribution is -2.48. The third-order valence-corrected chi connectivity index (χ3v) is 3.71. The predicted molar refractivity (Wildman–Crippen MR) is 65.8 cm³/mol. The van der Waals surface area contributed by atoms with Gasteiger partial charge in [0.15, 0.2) is 0 Å². The van der Waals surface area contributed by atoms with Crippen molar-refractivity contribution < 1.29 is 37.6 Å². The van der Waals surface area contributed by atoms with Gasteiger partial charge in [-0.2, -0.15) is 13.2 Å². The molecule has 1 aliphatic heterocycles. The summed E-state index contributed by atoms with van der Waals surface area (Å²) in [6.07, 6.45) is -11.0. The Balaban J connectivity index is 2.37. The first-order valence-corrected chi connectivity index (χ1v) is 6.32. The summed E-state index contributed by atoms with van der Waals surface area (Å²) in [7, 11) is 0. The molecule has 0 bridgehead atoms. The standard InChI is InChI=1S/C13H15F4NO4/c1-12(21)9(20)11(18)22-10(12)8(19)5-2-3-7(14)6(4-5)13(15,16)17/h2-4,8-11,19-21H,18H2,1H3/t8-,9+,10?,11-,12+/m1/s1. The number of halogens is 4. The van der Waals surface area contributed by atoms with Gasteiger partial charge in [-0.25, -0.2) is 4.39 Å². The molecule has 9 heteroatoms. The number of hydrogen-bond acceptors (Lipinski definition) is 5. The Hall–Kier alpha value is -1.26. The molecule has 1 aliphatic rings. The van der Waals surface area contributed by atoms with Gasteiger partial charge < -0.3 is 25.8 Å². The first-order valence-electron chi connectivity index (χ1n) is 6.32. The van der Waals surface area contributed by atoms with Crippen molar-refractivity contribution in [2.75, 3.05) is 0 Å². The molecule has 1 heterocycles. The highest BCUT2D eigenvalue weighted by molar-refractivity contribution is 5.30. The summed E-state index contributed by atoms with van der Waals surface area (Å²) < 4.78 is 56.3. The topological polar surface area (TPSA) is 95.9 Å². The van der Waals surface area contributed by atoms with E-state index in [4.69, 9.17) is 10.5 Å². The number of nitrogens with two attached hydrogens (primary N) is 1. The number of aliphatic hydroxyl groups is 3. The molecule has 22 heavy (non-hydrogen) atoms. The molecule has 124 valence electrons. The fourth-order valence-corrected chi connectivity index (χ4v) is 2.40. The zero-order valence-corrected chi connectivity index (χ0v) is 11.4. The first-order chi connectivity index (χ1) is 9.96. The van der Waals surface area contributed by atoms with Crippen molar-refractivity contribution in [3.8, 4) is 0 Å². The molecule has 2 rings (SSSR count). The molecule has 0 aromatic heterocycles. The lowest BCUT2D eigenvalue weighted by molar-refractivity contribution is -0.140. The van der Waals surface area contributed by atoms with Crippen molar-refractivity contribution in [2.45, 2.75) is 43.2 Å². The third-order valence-electron chi connectivity index (χ3n) is 3.71. The van der Waals surface area contributed by atoms with Gasteiger partial charge in [-0.3, -0.25) is 0 Å². The minimum atomic E-state index is -4.94. The molecule has 0 amide bonds. The number of rotatable bonds is 2. The van der Waals surface area contributed by atoms with Crippen molar-refractivity contribution in [2.24, 2.45) is 5.73 Å². The van der Waals surface area contributed by atoms with Gasteiger partial charge in [0, 0.05) is 0 Å². The quantitative estimate of drug-likeness (QED) is 0.600. The van der Waals surface area contributed by atoms with Crippen LogP contribution in [-0.2, 0) is 10.9 Å².